The van der Waals surface area contributed by atoms with Crippen LogP contribution in [0.2, 0.25) is 0 Å². The first-order chi connectivity index (χ1) is 13.5. The molecule has 0 bridgehead atoms. The molecule has 3 rings (SSSR count). The Hall–Kier alpha value is -2.76. The summed E-state index contributed by atoms with van der Waals surface area (Å²) >= 11 is 3.37. The van der Waals surface area contributed by atoms with Crippen LogP contribution in [0.4, 0.5) is 4.39 Å². The molecule has 0 radical (unpaired) electrons. The molecule has 3 aromatic rings. The van der Waals surface area contributed by atoms with Crippen LogP contribution in [0, 0.1) is 24.1 Å². The van der Waals surface area contributed by atoms with E-state index in [9.17, 15) is 4.39 Å². The van der Waals surface area contributed by atoms with Gasteiger partial charge in [-0.05, 0) is 58.2 Å². The Balaban J connectivity index is 1.66. The van der Waals surface area contributed by atoms with Gasteiger partial charge in [-0.2, -0.15) is 10.4 Å². The molecule has 2 heterocycles. The second-order valence-electron chi connectivity index (χ2n) is 6.19. The fourth-order valence-corrected chi connectivity index (χ4v) is 2.94. The van der Waals surface area contributed by atoms with Gasteiger partial charge in [0.1, 0.15) is 29.9 Å². The number of aryl methyl sites for hydroxylation is 2. The van der Waals surface area contributed by atoms with Crippen molar-refractivity contribution in [3.05, 3.63) is 75.0 Å². The number of benzene rings is 1. The summed E-state index contributed by atoms with van der Waals surface area (Å²) in [5, 5.41) is 13.2. The third-order valence-electron chi connectivity index (χ3n) is 4.11. The predicted molar refractivity (Wildman–Crippen MR) is 104 cm³/mol. The minimum absolute atomic E-state index is 0.192. The van der Waals surface area contributed by atoms with Gasteiger partial charge in [0.25, 0.3) is 0 Å². The lowest BCUT2D eigenvalue weighted by molar-refractivity contribution is 0.103. The highest BCUT2D eigenvalue weighted by Crippen LogP contribution is 2.23. The molecule has 28 heavy (non-hydrogen) atoms. The summed E-state index contributed by atoms with van der Waals surface area (Å²) in [6.45, 7) is 2.56. The average molecular weight is 445 g/mol. The van der Waals surface area contributed by atoms with Gasteiger partial charge >= 0.3 is 0 Å². The molecule has 0 aliphatic rings. The number of hydrogen-bond acceptors (Lipinski definition) is 5. The van der Waals surface area contributed by atoms with Gasteiger partial charge in [-0.25, -0.2) is 4.39 Å². The number of rotatable bonds is 7. The first-order valence-corrected chi connectivity index (χ1v) is 9.28. The van der Waals surface area contributed by atoms with Crippen molar-refractivity contribution < 1.29 is 13.9 Å². The summed E-state index contributed by atoms with van der Waals surface area (Å²) in [6.07, 6.45) is 1.69. The van der Waals surface area contributed by atoms with Crippen molar-refractivity contribution in [1.82, 2.24) is 14.8 Å². The Morgan fingerprint density at radius 1 is 1.18 bits per heavy atom. The molecule has 0 unspecified atom stereocenters. The first-order valence-electron chi connectivity index (χ1n) is 8.49. The highest BCUT2D eigenvalue weighted by molar-refractivity contribution is 9.10. The van der Waals surface area contributed by atoms with Crippen LogP contribution in [0.15, 0.2) is 41.0 Å². The predicted octanol–water partition coefficient (Wildman–Crippen LogP) is 4.19. The number of pyridine rings is 1. The van der Waals surface area contributed by atoms with E-state index in [1.807, 2.05) is 13.0 Å². The van der Waals surface area contributed by atoms with Gasteiger partial charge < -0.3 is 9.47 Å². The Kier molecular flexibility index (Phi) is 6.39. The van der Waals surface area contributed by atoms with Crippen LogP contribution >= 0.6 is 15.9 Å². The molecule has 2 aromatic heterocycles. The van der Waals surface area contributed by atoms with Crippen LogP contribution in [-0.2, 0) is 31.6 Å². The van der Waals surface area contributed by atoms with Crippen molar-refractivity contribution in [2.45, 2.75) is 26.7 Å². The molecule has 0 atom stereocenters. The molecule has 144 valence electrons. The van der Waals surface area contributed by atoms with Gasteiger partial charge in [-0.3, -0.25) is 9.67 Å². The van der Waals surface area contributed by atoms with Crippen molar-refractivity contribution >= 4 is 15.9 Å². The van der Waals surface area contributed by atoms with E-state index in [1.54, 1.807) is 25.4 Å². The molecule has 6 nitrogen and oxygen atoms in total. The number of aromatic nitrogens is 3. The van der Waals surface area contributed by atoms with Crippen molar-refractivity contribution in [2.75, 3.05) is 0 Å². The topological polar surface area (TPSA) is 73.0 Å². The van der Waals surface area contributed by atoms with Crippen molar-refractivity contribution in [3.63, 3.8) is 0 Å². The van der Waals surface area contributed by atoms with E-state index in [0.29, 0.717) is 22.7 Å². The van der Waals surface area contributed by atoms with Crippen molar-refractivity contribution in [3.8, 4) is 11.8 Å². The fourth-order valence-electron chi connectivity index (χ4n) is 2.63. The van der Waals surface area contributed by atoms with Crippen LogP contribution in [-0.4, -0.2) is 14.8 Å². The third kappa shape index (κ3) is 4.94. The molecule has 0 fully saturated rings. The highest BCUT2D eigenvalue weighted by atomic mass is 79.9. The summed E-state index contributed by atoms with van der Waals surface area (Å²) in [6, 6.07) is 10.1. The summed E-state index contributed by atoms with van der Waals surface area (Å²) in [5.74, 6) is 0.290. The summed E-state index contributed by atoms with van der Waals surface area (Å²) in [5.41, 5.74) is 3.39. The lowest BCUT2D eigenvalue weighted by Gasteiger charge is -2.13. The molecular weight excluding hydrogens is 427 g/mol. The Bertz CT molecular complexity index is 1030. The van der Waals surface area contributed by atoms with Gasteiger partial charge in [-0.15, -0.1) is 0 Å². The van der Waals surface area contributed by atoms with E-state index < -0.39 is 0 Å². The van der Waals surface area contributed by atoms with Crippen LogP contribution in [0.1, 0.15) is 28.2 Å². The molecule has 0 amide bonds. The minimum Gasteiger partial charge on any atom is -0.487 e. The number of ether oxygens (including phenoxy) is 2. The number of halogens is 2. The number of hydrogen-bond donors (Lipinski definition) is 0. The molecule has 0 saturated heterocycles. The van der Waals surface area contributed by atoms with E-state index in [4.69, 9.17) is 14.7 Å². The fraction of sp³-hybridized carbons (Fsp3) is 0.250. The second kappa shape index (κ2) is 8.95. The average Bonchev–Trinajstić information content (AvgIpc) is 3.03. The van der Waals surface area contributed by atoms with Gasteiger partial charge in [0.05, 0.1) is 24.6 Å². The Morgan fingerprint density at radius 3 is 2.75 bits per heavy atom. The highest BCUT2D eigenvalue weighted by Gasteiger charge is 2.10. The number of nitrogens with zero attached hydrogens (tertiary/aromatic N) is 4. The molecule has 0 saturated carbocycles. The molecular formula is C20H18BrFN4O2. The lowest BCUT2D eigenvalue weighted by Crippen LogP contribution is -2.05. The molecule has 0 aliphatic heterocycles. The molecule has 0 aliphatic carbocycles. The third-order valence-corrected chi connectivity index (χ3v) is 4.54. The summed E-state index contributed by atoms with van der Waals surface area (Å²) in [7, 11) is 1.70. The molecule has 0 spiro atoms. The normalized spacial score (nSPS) is 10.7. The summed E-state index contributed by atoms with van der Waals surface area (Å²) in [4.78, 5) is 4.23. The van der Waals surface area contributed by atoms with E-state index in [2.05, 4.69) is 32.1 Å². The maximum Gasteiger partial charge on any atom is 0.142 e. The van der Waals surface area contributed by atoms with E-state index >= 15 is 0 Å². The molecule has 8 heteroatoms. The SMILES string of the molecule is Cc1ncc(Br)cc1OCc1cc(F)ccc1COCc1cc(C#N)n(C)n1. The van der Waals surface area contributed by atoms with Crippen LogP contribution < -0.4 is 4.74 Å². The van der Waals surface area contributed by atoms with Crippen molar-refractivity contribution in [1.29, 1.82) is 5.26 Å². The lowest BCUT2D eigenvalue weighted by atomic mass is 10.1. The van der Waals surface area contributed by atoms with Gasteiger partial charge in [0.2, 0.25) is 0 Å². The second-order valence-corrected chi connectivity index (χ2v) is 7.10. The molecule has 1 aromatic carbocycles. The van der Waals surface area contributed by atoms with Crippen molar-refractivity contribution in [2.24, 2.45) is 7.05 Å². The zero-order chi connectivity index (χ0) is 20.1. The smallest absolute Gasteiger partial charge is 0.142 e. The Labute approximate surface area is 170 Å². The molecule has 0 N–H and O–H groups in total. The summed E-state index contributed by atoms with van der Waals surface area (Å²) < 4.78 is 27.6. The van der Waals surface area contributed by atoms with E-state index in [1.165, 1.54) is 16.8 Å². The van der Waals surface area contributed by atoms with Crippen LogP contribution in [0.3, 0.4) is 0 Å². The van der Waals surface area contributed by atoms with Crippen LogP contribution in [0.25, 0.3) is 0 Å². The van der Waals surface area contributed by atoms with Gasteiger partial charge in [0.15, 0.2) is 0 Å². The Morgan fingerprint density at radius 2 is 2.00 bits per heavy atom. The van der Waals surface area contributed by atoms with E-state index in [0.717, 1.165) is 15.7 Å². The first kappa shape index (κ1) is 20.0. The minimum atomic E-state index is -0.338. The standard InChI is InChI=1S/C20H18BrFN4O2/c1-13-20(6-16(21)9-24-13)28-11-15-5-17(22)4-3-14(15)10-27-12-18-7-19(8-23)26(2)25-18/h3-7,9H,10-12H2,1-2H3. The van der Waals surface area contributed by atoms with Gasteiger partial charge in [0, 0.05) is 17.7 Å². The maximum absolute atomic E-state index is 13.7. The van der Waals surface area contributed by atoms with Gasteiger partial charge in [-0.1, -0.05) is 6.07 Å². The largest absolute Gasteiger partial charge is 0.487 e. The van der Waals surface area contributed by atoms with Crippen LogP contribution in [0.5, 0.6) is 5.75 Å². The quantitative estimate of drug-likeness (QED) is 0.545. The number of nitriles is 1. The van der Waals surface area contributed by atoms with E-state index in [-0.39, 0.29) is 25.6 Å². The zero-order valence-electron chi connectivity index (χ0n) is 15.4. The monoisotopic (exact) mass is 444 g/mol. The maximum atomic E-state index is 13.7. The zero-order valence-corrected chi connectivity index (χ0v) is 17.0.